The predicted molar refractivity (Wildman–Crippen MR) is 56.7 cm³/mol. The summed E-state index contributed by atoms with van der Waals surface area (Å²) in [5, 5.41) is 6.08. The Morgan fingerprint density at radius 3 is 2.88 bits per heavy atom. The highest BCUT2D eigenvalue weighted by atomic mass is 16.5. The maximum absolute atomic E-state index is 11.2. The van der Waals surface area contributed by atoms with Crippen LogP contribution >= 0.6 is 0 Å². The topological polar surface area (TPSA) is 94.0 Å². The largest absolute Gasteiger partial charge is 0.352 e. The average molecular weight is 224 g/mol. The lowest BCUT2D eigenvalue weighted by Crippen LogP contribution is -2.39. The van der Waals surface area contributed by atoms with Crippen LogP contribution in [0.4, 0.5) is 0 Å². The summed E-state index contributed by atoms with van der Waals surface area (Å²) in [6, 6.07) is 0. The van der Waals surface area contributed by atoms with Crippen molar-refractivity contribution in [3.8, 4) is 0 Å². The highest BCUT2D eigenvalue weighted by Crippen LogP contribution is 2.42. The van der Waals surface area contributed by atoms with Gasteiger partial charge in [-0.15, -0.1) is 0 Å². The van der Waals surface area contributed by atoms with Crippen molar-refractivity contribution in [3.63, 3.8) is 0 Å². The van der Waals surface area contributed by atoms with Gasteiger partial charge in [0.2, 0.25) is 5.89 Å². The van der Waals surface area contributed by atoms with Crippen LogP contribution in [0.5, 0.6) is 0 Å². The Morgan fingerprint density at radius 2 is 2.38 bits per heavy atom. The number of nitrogens with one attached hydrogen (secondary N) is 1. The minimum absolute atomic E-state index is 0.0870. The summed E-state index contributed by atoms with van der Waals surface area (Å²) in [6.07, 6.45) is 4.07. The van der Waals surface area contributed by atoms with E-state index in [0.29, 0.717) is 18.9 Å². The van der Waals surface area contributed by atoms with E-state index < -0.39 is 0 Å². The van der Waals surface area contributed by atoms with Gasteiger partial charge in [-0.25, -0.2) is 0 Å². The Hall–Kier alpha value is -1.43. The molecule has 1 aromatic heterocycles. The van der Waals surface area contributed by atoms with Crippen LogP contribution in [-0.4, -0.2) is 29.6 Å². The molecule has 0 aromatic carbocycles. The maximum atomic E-state index is 11.2. The van der Waals surface area contributed by atoms with Crippen molar-refractivity contribution in [2.45, 2.75) is 25.7 Å². The number of amides is 1. The van der Waals surface area contributed by atoms with Crippen LogP contribution < -0.4 is 11.1 Å². The standard InChI is InChI=1S/C10H16N4O2/c1-12-9(15)8-13-7(16-14-8)5-10(6-11)3-2-4-10/h2-6,11H2,1H3,(H,12,15). The molecular weight excluding hydrogens is 208 g/mol. The first kappa shape index (κ1) is 11.1. The van der Waals surface area contributed by atoms with E-state index in [9.17, 15) is 4.79 Å². The van der Waals surface area contributed by atoms with Crippen LogP contribution in [0.3, 0.4) is 0 Å². The van der Waals surface area contributed by atoms with Crippen LogP contribution in [0.15, 0.2) is 4.52 Å². The minimum Gasteiger partial charge on any atom is -0.352 e. The molecule has 6 heteroatoms. The zero-order valence-corrected chi connectivity index (χ0v) is 9.32. The van der Waals surface area contributed by atoms with Crippen LogP contribution in [-0.2, 0) is 6.42 Å². The fourth-order valence-electron chi connectivity index (χ4n) is 1.98. The van der Waals surface area contributed by atoms with Crippen LogP contribution in [0.1, 0.15) is 35.8 Å². The van der Waals surface area contributed by atoms with Gasteiger partial charge < -0.3 is 15.6 Å². The SMILES string of the molecule is CNC(=O)c1noc(CC2(CN)CCC2)n1. The van der Waals surface area contributed by atoms with Crippen LogP contribution in [0.2, 0.25) is 0 Å². The Kier molecular flexibility index (Phi) is 2.91. The average Bonchev–Trinajstić information content (AvgIpc) is 2.70. The second kappa shape index (κ2) is 4.21. The van der Waals surface area contributed by atoms with Gasteiger partial charge in [0.1, 0.15) is 0 Å². The summed E-state index contributed by atoms with van der Waals surface area (Å²) in [5.41, 5.74) is 5.86. The summed E-state index contributed by atoms with van der Waals surface area (Å²) >= 11 is 0. The summed E-state index contributed by atoms with van der Waals surface area (Å²) in [5.74, 6) is 0.262. The Morgan fingerprint density at radius 1 is 1.62 bits per heavy atom. The second-order valence-corrected chi connectivity index (χ2v) is 4.33. The molecule has 0 unspecified atom stereocenters. The van der Waals surface area contributed by atoms with E-state index in [4.69, 9.17) is 10.3 Å². The number of nitrogens with zero attached hydrogens (tertiary/aromatic N) is 2. The van der Waals surface area contributed by atoms with Gasteiger partial charge in [0.05, 0.1) is 0 Å². The summed E-state index contributed by atoms with van der Waals surface area (Å²) in [7, 11) is 1.53. The van der Waals surface area contributed by atoms with Crippen molar-refractivity contribution in [2.75, 3.05) is 13.6 Å². The summed E-state index contributed by atoms with van der Waals surface area (Å²) < 4.78 is 5.04. The quantitative estimate of drug-likeness (QED) is 0.756. The minimum atomic E-state index is -0.328. The van der Waals surface area contributed by atoms with E-state index in [1.807, 2.05) is 0 Å². The third kappa shape index (κ3) is 1.92. The molecule has 0 atom stereocenters. The molecule has 1 heterocycles. The smallest absolute Gasteiger partial charge is 0.292 e. The number of aromatic nitrogens is 2. The van der Waals surface area contributed by atoms with Crippen molar-refractivity contribution in [1.29, 1.82) is 0 Å². The molecule has 16 heavy (non-hydrogen) atoms. The lowest BCUT2D eigenvalue weighted by molar-refractivity contribution is 0.0950. The van der Waals surface area contributed by atoms with Gasteiger partial charge in [0.25, 0.3) is 11.7 Å². The molecule has 1 aliphatic rings. The second-order valence-electron chi connectivity index (χ2n) is 4.33. The molecule has 1 fully saturated rings. The molecule has 1 aromatic rings. The molecule has 3 N–H and O–H groups in total. The van der Waals surface area contributed by atoms with Gasteiger partial charge in [-0.05, 0) is 24.8 Å². The summed E-state index contributed by atoms with van der Waals surface area (Å²) in [4.78, 5) is 15.3. The van der Waals surface area contributed by atoms with Crippen molar-refractivity contribution < 1.29 is 9.32 Å². The van der Waals surface area contributed by atoms with Gasteiger partial charge in [-0.1, -0.05) is 11.6 Å². The van der Waals surface area contributed by atoms with E-state index in [0.717, 1.165) is 12.8 Å². The first-order valence-electron chi connectivity index (χ1n) is 5.44. The molecular formula is C10H16N4O2. The zero-order chi connectivity index (χ0) is 11.6. The van der Waals surface area contributed by atoms with Crippen molar-refractivity contribution >= 4 is 5.91 Å². The zero-order valence-electron chi connectivity index (χ0n) is 9.32. The fourth-order valence-corrected chi connectivity index (χ4v) is 1.98. The normalized spacial score (nSPS) is 17.9. The van der Waals surface area contributed by atoms with Crippen LogP contribution in [0.25, 0.3) is 0 Å². The van der Waals surface area contributed by atoms with E-state index in [1.165, 1.54) is 13.5 Å². The van der Waals surface area contributed by atoms with E-state index in [2.05, 4.69) is 15.5 Å². The lowest BCUT2D eigenvalue weighted by Gasteiger charge is -2.39. The van der Waals surface area contributed by atoms with Crippen molar-refractivity contribution in [3.05, 3.63) is 11.7 Å². The number of hydrogen-bond donors (Lipinski definition) is 2. The van der Waals surface area contributed by atoms with E-state index in [1.54, 1.807) is 0 Å². The van der Waals surface area contributed by atoms with E-state index in [-0.39, 0.29) is 17.1 Å². The number of hydrogen-bond acceptors (Lipinski definition) is 5. The van der Waals surface area contributed by atoms with Gasteiger partial charge in [0.15, 0.2) is 0 Å². The first-order valence-corrected chi connectivity index (χ1v) is 5.44. The number of carbonyl (C=O) groups is 1. The predicted octanol–water partition coefficient (Wildman–Crippen LogP) is 0.101. The van der Waals surface area contributed by atoms with Gasteiger partial charge in [-0.3, -0.25) is 4.79 Å². The molecule has 0 radical (unpaired) electrons. The van der Waals surface area contributed by atoms with Gasteiger partial charge in [-0.2, -0.15) is 4.98 Å². The maximum Gasteiger partial charge on any atom is 0.292 e. The lowest BCUT2D eigenvalue weighted by atomic mass is 9.67. The monoisotopic (exact) mass is 224 g/mol. The van der Waals surface area contributed by atoms with Crippen LogP contribution in [0, 0.1) is 5.41 Å². The number of nitrogens with two attached hydrogens (primary N) is 1. The highest BCUT2D eigenvalue weighted by Gasteiger charge is 2.37. The summed E-state index contributed by atoms with van der Waals surface area (Å²) in [6.45, 7) is 0.630. The molecule has 1 saturated carbocycles. The molecule has 0 bridgehead atoms. The van der Waals surface area contributed by atoms with Crippen molar-refractivity contribution in [2.24, 2.45) is 11.1 Å². The molecule has 0 spiro atoms. The van der Waals surface area contributed by atoms with Gasteiger partial charge in [0, 0.05) is 13.5 Å². The molecule has 1 amide bonds. The molecule has 88 valence electrons. The highest BCUT2D eigenvalue weighted by molar-refractivity contribution is 5.89. The van der Waals surface area contributed by atoms with Gasteiger partial charge >= 0.3 is 0 Å². The third-order valence-electron chi connectivity index (χ3n) is 3.27. The first-order chi connectivity index (χ1) is 7.69. The molecule has 6 nitrogen and oxygen atoms in total. The van der Waals surface area contributed by atoms with Crippen molar-refractivity contribution in [1.82, 2.24) is 15.5 Å². The molecule has 0 aliphatic heterocycles. The molecule has 1 aliphatic carbocycles. The molecule has 0 saturated heterocycles. The molecule has 2 rings (SSSR count). The fraction of sp³-hybridized carbons (Fsp3) is 0.700. The number of rotatable bonds is 4. The number of carbonyl (C=O) groups excluding carboxylic acids is 1. The Labute approximate surface area is 93.6 Å². The van der Waals surface area contributed by atoms with E-state index >= 15 is 0 Å². The Bertz CT molecular complexity index is 378. The third-order valence-corrected chi connectivity index (χ3v) is 3.27. The Balaban J connectivity index is 2.05.